The smallest absolute Gasteiger partial charge is 0.332 e. The molecule has 0 radical (unpaired) electrons. The Balaban J connectivity index is 2.41. The Labute approximate surface area is 65.3 Å². The van der Waals surface area contributed by atoms with Crippen molar-refractivity contribution in [3.63, 3.8) is 0 Å². The van der Waals surface area contributed by atoms with Crippen molar-refractivity contribution in [2.45, 2.75) is 38.0 Å². The quantitative estimate of drug-likeness (QED) is 0.593. The summed E-state index contributed by atoms with van der Waals surface area (Å²) in [5, 5.41) is 8.55. The van der Waals surface area contributed by atoms with Crippen LogP contribution in [0.1, 0.15) is 19.8 Å². The highest BCUT2D eigenvalue weighted by molar-refractivity contribution is 5.72. The van der Waals surface area contributed by atoms with Gasteiger partial charge in [0.05, 0.1) is 6.10 Å². The van der Waals surface area contributed by atoms with Gasteiger partial charge >= 0.3 is 5.97 Å². The van der Waals surface area contributed by atoms with Crippen molar-refractivity contribution in [3.05, 3.63) is 0 Å². The molecule has 0 saturated carbocycles. The molecule has 3 atom stereocenters. The lowest BCUT2D eigenvalue weighted by atomic mass is 10.1. The first-order valence-electron chi connectivity index (χ1n) is 3.75. The van der Waals surface area contributed by atoms with Gasteiger partial charge < -0.3 is 15.6 Å². The molecule has 1 saturated heterocycles. The van der Waals surface area contributed by atoms with E-state index in [1.807, 2.05) is 6.92 Å². The van der Waals surface area contributed by atoms with Crippen LogP contribution < -0.4 is 5.73 Å². The van der Waals surface area contributed by atoms with Crippen LogP contribution in [0.3, 0.4) is 0 Å². The van der Waals surface area contributed by atoms with E-state index in [4.69, 9.17) is 15.6 Å². The van der Waals surface area contributed by atoms with E-state index in [9.17, 15) is 4.79 Å². The lowest BCUT2D eigenvalue weighted by Gasteiger charge is -2.13. The summed E-state index contributed by atoms with van der Waals surface area (Å²) in [5.41, 5.74) is 5.54. The third-order valence-electron chi connectivity index (χ3n) is 1.91. The fraction of sp³-hybridized carbons (Fsp3) is 0.857. The molecule has 1 aliphatic heterocycles. The van der Waals surface area contributed by atoms with Crippen LogP contribution in [0.5, 0.6) is 0 Å². The molecule has 0 aromatic heterocycles. The summed E-state index contributed by atoms with van der Waals surface area (Å²) < 4.78 is 5.16. The number of rotatable bonds is 2. The van der Waals surface area contributed by atoms with E-state index in [1.165, 1.54) is 0 Å². The van der Waals surface area contributed by atoms with Crippen molar-refractivity contribution in [1.82, 2.24) is 0 Å². The SMILES string of the molecule is C[C@@H](N)C1CC[C@H](C(=O)O)O1. The first-order chi connectivity index (χ1) is 5.11. The van der Waals surface area contributed by atoms with Gasteiger partial charge in [0.2, 0.25) is 0 Å². The van der Waals surface area contributed by atoms with E-state index in [0.29, 0.717) is 6.42 Å². The zero-order chi connectivity index (χ0) is 8.43. The molecule has 3 N–H and O–H groups in total. The number of nitrogens with two attached hydrogens (primary N) is 1. The van der Waals surface area contributed by atoms with E-state index in [2.05, 4.69) is 0 Å². The largest absolute Gasteiger partial charge is 0.479 e. The summed E-state index contributed by atoms with van der Waals surface area (Å²) in [6, 6.07) is -0.0700. The maximum Gasteiger partial charge on any atom is 0.332 e. The minimum atomic E-state index is -0.881. The normalized spacial score (nSPS) is 33.6. The Kier molecular flexibility index (Phi) is 2.46. The predicted molar refractivity (Wildman–Crippen MR) is 39.2 cm³/mol. The lowest BCUT2D eigenvalue weighted by Crippen LogP contribution is -2.32. The molecule has 11 heavy (non-hydrogen) atoms. The number of carbonyl (C=O) groups is 1. The zero-order valence-corrected chi connectivity index (χ0v) is 6.49. The van der Waals surface area contributed by atoms with Crippen molar-refractivity contribution in [3.8, 4) is 0 Å². The Morgan fingerprint density at radius 1 is 1.73 bits per heavy atom. The van der Waals surface area contributed by atoms with Crippen molar-refractivity contribution < 1.29 is 14.6 Å². The average Bonchev–Trinajstić information content (AvgIpc) is 2.33. The van der Waals surface area contributed by atoms with Crippen LogP contribution in [0.15, 0.2) is 0 Å². The van der Waals surface area contributed by atoms with Gasteiger partial charge in [0, 0.05) is 6.04 Å². The van der Waals surface area contributed by atoms with Crippen LogP contribution in [-0.2, 0) is 9.53 Å². The second-order valence-electron chi connectivity index (χ2n) is 2.94. The zero-order valence-electron chi connectivity index (χ0n) is 6.49. The molecule has 1 rings (SSSR count). The second kappa shape index (κ2) is 3.19. The van der Waals surface area contributed by atoms with Crippen LogP contribution in [-0.4, -0.2) is 29.3 Å². The Morgan fingerprint density at radius 3 is 2.64 bits per heavy atom. The van der Waals surface area contributed by atoms with Crippen LogP contribution in [0.25, 0.3) is 0 Å². The van der Waals surface area contributed by atoms with Gasteiger partial charge in [-0.1, -0.05) is 0 Å². The molecular formula is C7H13NO3. The minimum absolute atomic E-state index is 0.0700. The van der Waals surface area contributed by atoms with E-state index in [0.717, 1.165) is 6.42 Å². The Hall–Kier alpha value is -0.610. The minimum Gasteiger partial charge on any atom is -0.479 e. The molecule has 1 unspecified atom stereocenters. The molecule has 0 aromatic rings. The number of hydrogen-bond donors (Lipinski definition) is 2. The van der Waals surface area contributed by atoms with Gasteiger partial charge in [0.15, 0.2) is 6.10 Å². The van der Waals surface area contributed by atoms with Gasteiger partial charge in [0.25, 0.3) is 0 Å². The molecule has 1 aliphatic rings. The molecule has 1 fully saturated rings. The second-order valence-corrected chi connectivity index (χ2v) is 2.94. The van der Waals surface area contributed by atoms with Crippen LogP contribution in [0.2, 0.25) is 0 Å². The number of carboxylic acid groups (broad SMARTS) is 1. The molecule has 4 heteroatoms. The number of hydrogen-bond acceptors (Lipinski definition) is 3. The van der Waals surface area contributed by atoms with Gasteiger partial charge in [-0.15, -0.1) is 0 Å². The summed E-state index contributed by atoms with van der Waals surface area (Å²) in [4.78, 5) is 10.4. The van der Waals surface area contributed by atoms with Crippen molar-refractivity contribution in [2.24, 2.45) is 5.73 Å². The summed E-state index contributed by atoms with van der Waals surface area (Å²) in [5.74, 6) is -0.881. The van der Waals surface area contributed by atoms with Crippen LogP contribution in [0.4, 0.5) is 0 Å². The maximum atomic E-state index is 10.4. The topological polar surface area (TPSA) is 72.6 Å². The van der Waals surface area contributed by atoms with Crippen molar-refractivity contribution in [1.29, 1.82) is 0 Å². The molecule has 0 aliphatic carbocycles. The van der Waals surface area contributed by atoms with Crippen LogP contribution in [0, 0.1) is 0 Å². The third-order valence-corrected chi connectivity index (χ3v) is 1.91. The third kappa shape index (κ3) is 1.91. The average molecular weight is 159 g/mol. The Morgan fingerprint density at radius 2 is 2.36 bits per heavy atom. The van der Waals surface area contributed by atoms with Crippen LogP contribution >= 0.6 is 0 Å². The van der Waals surface area contributed by atoms with Gasteiger partial charge in [-0.05, 0) is 19.8 Å². The number of aliphatic carboxylic acids is 1. The van der Waals surface area contributed by atoms with E-state index >= 15 is 0 Å². The van der Waals surface area contributed by atoms with Crippen molar-refractivity contribution >= 4 is 5.97 Å². The number of carboxylic acids is 1. The predicted octanol–water partition coefficient (Wildman–Crippen LogP) is -0.0342. The monoisotopic (exact) mass is 159 g/mol. The van der Waals surface area contributed by atoms with Gasteiger partial charge in [-0.25, -0.2) is 4.79 Å². The molecule has 0 amide bonds. The summed E-state index contributed by atoms with van der Waals surface area (Å²) in [7, 11) is 0. The fourth-order valence-electron chi connectivity index (χ4n) is 1.23. The molecule has 0 aromatic carbocycles. The molecule has 0 bridgehead atoms. The van der Waals surface area contributed by atoms with Crippen molar-refractivity contribution in [2.75, 3.05) is 0 Å². The molecule has 4 nitrogen and oxygen atoms in total. The summed E-state index contributed by atoms with van der Waals surface area (Å²) in [6.07, 6.45) is 0.637. The molecular weight excluding hydrogens is 146 g/mol. The van der Waals surface area contributed by atoms with E-state index < -0.39 is 12.1 Å². The highest BCUT2D eigenvalue weighted by Gasteiger charge is 2.31. The number of ether oxygens (including phenoxy) is 1. The van der Waals surface area contributed by atoms with Gasteiger partial charge in [-0.2, -0.15) is 0 Å². The molecule has 1 heterocycles. The van der Waals surface area contributed by atoms with Gasteiger partial charge in [-0.3, -0.25) is 0 Å². The van der Waals surface area contributed by atoms with E-state index in [-0.39, 0.29) is 12.1 Å². The van der Waals surface area contributed by atoms with Gasteiger partial charge in [0.1, 0.15) is 0 Å². The maximum absolute atomic E-state index is 10.4. The standard InChI is InChI=1S/C7H13NO3/c1-4(8)5-2-3-6(11-5)7(9)10/h4-6H,2-3,8H2,1H3,(H,9,10)/t4-,5?,6-/m1/s1. The summed E-state index contributed by atoms with van der Waals surface area (Å²) in [6.45, 7) is 1.83. The Bertz CT molecular complexity index is 158. The fourth-order valence-corrected chi connectivity index (χ4v) is 1.23. The highest BCUT2D eigenvalue weighted by Crippen LogP contribution is 2.21. The lowest BCUT2D eigenvalue weighted by molar-refractivity contribution is -0.149. The highest BCUT2D eigenvalue weighted by atomic mass is 16.5. The van der Waals surface area contributed by atoms with E-state index in [1.54, 1.807) is 0 Å². The first-order valence-corrected chi connectivity index (χ1v) is 3.75. The summed E-state index contributed by atoms with van der Waals surface area (Å²) >= 11 is 0. The first kappa shape index (κ1) is 8.49. The molecule has 0 spiro atoms. The molecule has 64 valence electrons.